The highest BCUT2D eigenvalue weighted by molar-refractivity contribution is 7.98. The zero-order valence-electron chi connectivity index (χ0n) is 17.3. The summed E-state index contributed by atoms with van der Waals surface area (Å²) in [4.78, 5) is 12.9. The Morgan fingerprint density at radius 2 is 1.86 bits per heavy atom. The third-order valence-electron chi connectivity index (χ3n) is 5.10. The molecule has 1 amide bonds. The van der Waals surface area contributed by atoms with Gasteiger partial charge in [0.25, 0.3) is 0 Å². The highest BCUT2D eigenvalue weighted by Gasteiger charge is 2.29. The summed E-state index contributed by atoms with van der Waals surface area (Å²) in [7, 11) is 4.84. The molecule has 5 nitrogen and oxygen atoms in total. The Labute approximate surface area is 180 Å². The number of carbonyl (C=O) groups is 1. The molecule has 0 aromatic heterocycles. The van der Waals surface area contributed by atoms with Gasteiger partial charge in [0.1, 0.15) is 0 Å². The van der Waals surface area contributed by atoms with Crippen LogP contribution in [0.1, 0.15) is 30.5 Å². The fraction of sp³-hybridized carbons (Fsp3) is 0.364. The number of amides is 1. The van der Waals surface area contributed by atoms with Gasteiger partial charge in [-0.15, -0.1) is 11.8 Å². The number of hydrogen-bond donors (Lipinski definition) is 1. The minimum atomic E-state index is -0.152. The third-order valence-corrected chi connectivity index (χ3v) is 6.36. The molecule has 7 heteroatoms. The Kier molecular flexibility index (Phi) is 6.70. The van der Waals surface area contributed by atoms with Gasteiger partial charge >= 0.3 is 0 Å². The monoisotopic (exact) mass is 431 g/mol. The maximum absolute atomic E-state index is 11.9. The SMILES string of the molecule is COc1cc2c(c(OC)c1OC)-c1ccc(SC)c(=S)cc1[C@@H](NC(C)=O)CC2. The van der Waals surface area contributed by atoms with E-state index in [1.807, 2.05) is 24.5 Å². The third kappa shape index (κ3) is 4.07. The predicted octanol–water partition coefficient (Wildman–Crippen LogP) is 4.95. The lowest BCUT2D eigenvalue weighted by atomic mass is 9.95. The van der Waals surface area contributed by atoms with Crippen LogP contribution in [0.4, 0.5) is 0 Å². The van der Waals surface area contributed by atoms with Crippen LogP contribution in [0.15, 0.2) is 29.2 Å². The van der Waals surface area contributed by atoms with Gasteiger partial charge in [0, 0.05) is 17.4 Å². The number of rotatable bonds is 5. The van der Waals surface area contributed by atoms with Crippen LogP contribution in [0.5, 0.6) is 17.2 Å². The van der Waals surface area contributed by atoms with Crippen molar-refractivity contribution in [1.82, 2.24) is 5.32 Å². The molecule has 1 atom stereocenters. The van der Waals surface area contributed by atoms with Crippen LogP contribution in [-0.2, 0) is 11.2 Å². The average molecular weight is 432 g/mol. The van der Waals surface area contributed by atoms with Gasteiger partial charge in [-0.2, -0.15) is 0 Å². The van der Waals surface area contributed by atoms with Crippen molar-refractivity contribution in [3.8, 4) is 28.4 Å². The fourth-order valence-corrected chi connectivity index (χ4v) is 4.77. The van der Waals surface area contributed by atoms with E-state index in [1.54, 1.807) is 33.1 Å². The van der Waals surface area contributed by atoms with E-state index in [0.717, 1.165) is 44.5 Å². The van der Waals surface area contributed by atoms with Crippen molar-refractivity contribution < 1.29 is 19.0 Å². The van der Waals surface area contributed by atoms with Crippen LogP contribution in [0.3, 0.4) is 0 Å². The van der Waals surface area contributed by atoms with E-state index in [2.05, 4.69) is 11.4 Å². The smallest absolute Gasteiger partial charge is 0.217 e. The molecule has 0 saturated heterocycles. The second-order valence-corrected chi connectivity index (χ2v) is 8.04. The normalized spacial score (nSPS) is 14.9. The molecule has 0 fully saturated rings. The quantitative estimate of drug-likeness (QED) is 0.534. The van der Waals surface area contributed by atoms with E-state index in [9.17, 15) is 4.79 Å². The van der Waals surface area contributed by atoms with Gasteiger partial charge in [0.15, 0.2) is 11.5 Å². The Bertz CT molecular complexity index is 1010. The van der Waals surface area contributed by atoms with E-state index in [4.69, 9.17) is 26.4 Å². The number of methoxy groups -OCH3 is 3. The van der Waals surface area contributed by atoms with Crippen molar-refractivity contribution in [3.05, 3.63) is 39.9 Å². The molecular weight excluding hydrogens is 406 g/mol. The van der Waals surface area contributed by atoms with Crippen molar-refractivity contribution in [3.63, 3.8) is 0 Å². The molecule has 2 aromatic carbocycles. The van der Waals surface area contributed by atoms with Crippen LogP contribution < -0.4 is 19.5 Å². The maximum Gasteiger partial charge on any atom is 0.217 e. The Hall–Kier alpha value is -2.25. The number of carbonyl (C=O) groups excluding carboxylic acids is 1. The maximum atomic E-state index is 11.9. The molecule has 29 heavy (non-hydrogen) atoms. The number of nitrogens with one attached hydrogen (secondary N) is 1. The van der Waals surface area contributed by atoms with Crippen LogP contribution in [0.25, 0.3) is 11.1 Å². The largest absolute Gasteiger partial charge is 0.493 e. The number of benzene rings is 1. The lowest BCUT2D eigenvalue weighted by Gasteiger charge is -2.19. The van der Waals surface area contributed by atoms with Crippen LogP contribution in [-0.4, -0.2) is 33.5 Å². The molecule has 2 aromatic rings. The first kappa shape index (κ1) is 21.5. The fourth-order valence-electron chi connectivity index (χ4n) is 3.86. The molecule has 0 aliphatic heterocycles. The molecule has 0 unspecified atom stereocenters. The Morgan fingerprint density at radius 1 is 1.14 bits per heavy atom. The van der Waals surface area contributed by atoms with Crippen LogP contribution >= 0.6 is 24.0 Å². The first-order chi connectivity index (χ1) is 13.9. The zero-order valence-corrected chi connectivity index (χ0v) is 18.9. The number of aryl methyl sites for hydroxylation is 1. The van der Waals surface area contributed by atoms with E-state index < -0.39 is 0 Å². The van der Waals surface area contributed by atoms with Gasteiger partial charge < -0.3 is 19.5 Å². The number of ether oxygens (including phenoxy) is 3. The van der Waals surface area contributed by atoms with Crippen molar-refractivity contribution in [2.75, 3.05) is 27.6 Å². The second kappa shape index (κ2) is 9.05. The number of fused-ring (bicyclic) bond motifs is 3. The van der Waals surface area contributed by atoms with Crippen molar-refractivity contribution in [1.29, 1.82) is 0 Å². The summed E-state index contributed by atoms with van der Waals surface area (Å²) in [5.41, 5.74) is 3.98. The average Bonchev–Trinajstić information content (AvgIpc) is 2.95. The van der Waals surface area contributed by atoms with Crippen molar-refractivity contribution in [2.45, 2.75) is 30.7 Å². The van der Waals surface area contributed by atoms with Crippen LogP contribution in [0.2, 0.25) is 0 Å². The standard InChI is InChI=1S/C22H25NO4S2/c1-12(24)23-16-8-6-13-10-17(25-2)21(26-3)22(27-4)20(13)14-7-9-19(29-5)18(28)11-15(14)16/h7,9-11,16H,6,8H2,1-5H3,(H,23,24)/t16-/m0/s1. The molecule has 0 heterocycles. The molecule has 1 aliphatic rings. The summed E-state index contributed by atoms with van der Waals surface area (Å²) in [6.07, 6.45) is 3.49. The lowest BCUT2D eigenvalue weighted by Crippen LogP contribution is -2.26. The molecule has 0 radical (unpaired) electrons. The van der Waals surface area contributed by atoms with Gasteiger partial charge in [0.05, 0.1) is 31.9 Å². The van der Waals surface area contributed by atoms with E-state index in [-0.39, 0.29) is 11.9 Å². The summed E-state index contributed by atoms with van der Waals surface area (Å²) >= 11 is 7.26. The molecule has 0 bridgehead atoms. The number of hydrogen-bond acceptors (Lipinski definition) is 6. The van der Waals surface area contributed by atoms with Gasteiger partial charge in [-0.3, -0.25) is 4.79 Å². The summed E-state index contributed by atoms with van der Waals surface area (Å²) < 4.78 is 17.7. The molecule has 3 rings (SSSR count). The Morgan fingerprint density at radius 3 is 2.45 bits per heavy atom. The highest BCUT2D eigenvalue weighted by Crippen LogP contribution is 2.50. The molecular formula is C22H25NO4S2. The predicted molar refractivity (Wildman–Crippen MR) is 119 cm³/mol. The van der Waals surface area contributed by atoms with Crippen molar-refractivity contribution in [2.24, 2.45) is 0 Å². The molecule has 1 N–H and O–H groups in total. The highest BCUT2D eigenvalue weighted by atomic mass is 32.2. The summed E-state index contributed by atoms with van der Waals surface area (Å²) in [5, 5.41) is 3.09. The Balaban J connectivity index is 2.41. The summed E-state index contributed by atoms with van der Waals surface area (Å²) in [5.74, 6) is 1.72. The van der Waals surface area contributed by atoms with Gasteiger partial charge in [-0.1, -0.05) is 18.3 Å². The molecule has 0 saturated carbocycles. The van der Waals surface area contributed by atoms with Gasteiger partial charge in [0.2, 0.25) is 11.7 Å². The van der Waals surface area contributed by atoms with Gasteiger partial charge in [-0.05, 0) is 54.0 Å². The van der Waals surface area contributed by atoms with E-state index in [0.29, 0.717) is 17.2 Å². The van der Waals surface area contributed by atoms with Crippen molar-refractivity contribution >= 4 is 29.9 Å². The van der Waals surface area contributed by atoms with Gasteiger partial charge in [-0.25, -0.2) is 0 Å². The van der Waals surface area contributed by atoms with Crippen LogP contribution in [0, 0.1) is 4.51 Å². The molecule has 1 aliphatic carbocycles. The summed E-state index contributed by atoms with van der Waals surface area (Å²) in [6, 6.07) is 7.93. The minimum Gasteiger partial charge on any atom is -0.493 e. The number of thioether (sulfide) groups is 1. The van der Waals surface area contributed by atoms with E-state index in [1.165, 1.54) is 6.92 Å². The topological polar surface area (TPSA) is 56.8 Å². The molecule has 154 valence electrons. The minimum absolute atomic E-state index is 0.0726. The summed E-state index contributed by atoms with van der Waals surface area (Å²) in [6.45, 7) is 1.54. The first-order valence-electron chi connectivity index (χ1n) is 9.26. The lowest BCUT2D eigenvalue weighted by molar-refractivity contribution is -0.119. The molecule has 0 spiro atoms. The zero-order chi connectivity index (χ0) is 21.1. The first-order valence-corrected chi connectivity index (χ1v) is 10.9. The van der Waals surface area contributed by atoms with E-state index >= 15 is 0 Å². The second-order valence-electron chi connectivity index (χ2n) is 6.75.